The molecule has 0 aromatic carbocycles. The van der Waals surface area contributed by atoms with E-state index < -0.39 is 9.84 Å². The van der Waals surface area contributed by atoms with Crippen LogP contribution in [-0.2, 0) is 16.4 Å². The largest absolute Gasteiger partial charge is 0.298 e. The number of carbonyl (C=O) groups is 1. The van der Waals surface area contributed by atoms with Crippen LogP contribution in [0.1, 0.15) is 15.9 Å². The molecule has 0 radical (unpaired) electrons. The van der Waals surface area contributed by atoms with Gasteiger partial charge in [0.05, 0.1) is 22.7 Å². The number of nitrogens with zero attached hydrogens (tertiary/aromatic N) is 2. The summed E-state index contributed by atoms with van der Waals surface area (Å²) in [7, 11) is -3.04. The van der Waals surface area contributed by atoms with Crippen molar-refractivity contribution < 1.29 is 13.2 Å². The van der Waals surface area contributed by atoms with Crippen molar-refractivity contribution in [1.29, 1.82) is 0 Å². The Labute approximate surface area is 115 Å². The van der Waals surface area contributed by atoms with Gasteiger partial charge in [0, 0.05) is 12.5 Å². The Morgan fingerprint density at radius 1 is 1.47 bits per heavy atom. The molecule has 0 saturated carbocycles. The number of aryl methyl sites for hydroxylation is 2. The molecule has 102 valence electrons. The predicted octanol–water partition coefficient (Wildman–Crippen LogP) is 1.78. The van der Waals surface area contributed by atoms with Crippen molar-refractivity contribution in [1.82, 2.24) is 9.78 Å². The summed E-state index contributed by atoms with van der Waals surface area (Å²) < 4.78 is 23.8. The van der Waals surface area contributed by atoms with Gasteiger partial charge in [-0.2, -0.15) is 5.10 Å². The third kappa shape index (κ3) is 3.30. The van der Waals surface area contributed by atoms with Crippen LogP contribution >= 0.6 is 11.3 Å². The van der Waals surface area contributed by atoms with Gasteiger partial charge in [-0.05, 0) is 23.9 Å². The highest BCUT2D eigenvalue weighted by molar-refractivity contribution is 7.90. The summed E-state index contributed by atoms with van der Waals surface area (Å²) in [6.07, 6.45) is 3.52. The van der Waals surface area contributed by atoms with Crippen molar-refractivity contribution in [2.24, 2.45) is 0 Å². The zero-order valence-corrected chi connectivity index (χ0v) is 12.3. The summed E-state index contributed by atoms with van der Waals surface area (Å²) in [5.41, 5.74) is 2.16. The number of sulfone groups is 1. The van der Waals surface area contributed by atoms with Crippen LogP contribution in [0.4, 0.5) is 0 Å². The minimum absolute atomic E-state index is 0.00976. The lowest BCUT2D eigenvalue weighted by Gasteiger charge is -1.99. The molecule has 2 aromatic heterocycles. The molecule has 0 fully saturated rings. The van der Waals surface area contributed by atoms with Crippen LogP contribution in [0.25, 0.3) is 10.6 Å². The molecule has 0 spiro atoms. The Balaban J connectivity index is 2.33. The van der Waals surface area contributed by atoms with E-state index in [9.17, 15) is 13.2 Å². The van der Waals surface area contributed by atoms with Crippen LogP contribution in [0.15, 0.2) is 17.6 Å². The fourth-order valence-corrected chi connectivity index (χ4v) is 3.14. The van der Waals surface area contributed by atoms with Crippen LogP contribution in [0.5, 0.6) is 0 Å². The van der Waals surface area contributed by atoms with Gasteiger partial charge in [-0.1, -0.05) is 0 Å². The molecule has 0 atom stereocenters. The number of thiophene rings is 1. The SMILES string of the molecule is Cc1ccsc1-c1nn(CCS(C)(=O)=O)cc1C=O. The molecule has 0 amide bonds. The number of hydrogen-bond donors (Lipinski definition) is 0. The second kappa shape index (κ2) is 5.26. The molecule has 0 aliphatic heterocycles. The highest BCUT2D eigenvalue weighted by atomic mass is 32.2. The number of rotatable bonds is 5. The van der Waals surface area contributed by atoms with Gasteiger partial charge in [-0.15, -0.1) is 11.3 Å². The lowest BCUT2D eigenvalue weighted by atomic mass is 10.2. The average molecular weight is 298 g/mol. The van der Waals surface area contributed by atoms with E-state index in [-0.39, 0.29) is 12.3 Å². The van der Waals surface area contributed by atoms with Crippen LogP contribution in [0, 0.1) is 6.92 Å². The molecule has 0 bridgehead atoms. The molecule has 5 nitrogen and oxygen atoms in total. The smallest absolute Gasteiger partial charge is 0.153 e. The first-order chi connectivity index (χ1) is 8.90. The minimum Gasteiger partial charge on any atom is -0.298 e. The maximum atomic E-state index is 11.1. The first kappa shape index (κ1) is 14.0. The standard InChI is InChI=1S/C12H14N2O3S2/c1-9-3-5-18-12(9)11-10(8-15)7-14(13-11)4-6-19(2,16)17/h3,5,7-8H,4,6H2,1-2H3. The third-order valence-electron chi connectivity index (χ3n) is 2.69. The van der Waals surface area contributed by atoms with Gasteiger partial charge >= 0.3 is 0 Å². The van der Waals surface area contributed by atoms with Gasteiger partial charge < -0.3 is 0 Å². The summed E-state index contributed by atoms with van der Waals surface area (Å²) in [5.74, 6) is 0.00976. The number of aldehydes is 1. The zero-order valence-electron chi connectivity index (χ0n) is 10.7. The Morgan fingerprint density at radius 2 is 2.21 bits per heavy atom. The number of aromatic nitrogens is 2. The van der Waals surface area contributed by atoms with Gasteiger partial charge in [0.15, 0.2) is 6.29 Å². The minimum atomic E-state index is -3.04. The maximum Gasteiger partial charge on any atom is 0.153 e. The first-order valence-electron chi connectivity index (χ1n) is 5.65. The van der Waals surface area contributed by atoms with Crippen molar-refractivity contribution in [3.8, 4) is 10.6 Å². The van der Waals surface area contributed by atoms with Crippen molar-refractivity contribution in [2.45, 2.75) is 13.5 Å². The van der Waals surface area contributed by atoms with Crippen molar-refractivity contribution in [2.75, 3.05) is 12.0 Å². The highest BCUT2D eigenvalue weighted by Crippen LogP contribution is 2.29. The quantitative estimate of drug-likeness (QED) is 0.789. The van der Waals surface area contributed by atoms with Crippen molar-refractivity contribution >= 4 is 27.5 Å². The Hall–Kier alpha value is -1.47. The van der Waals surface area contributed by atoms with Gasteiger partial charge in [-0.25, -0.2) is 8.42 Å². The average Bonchev–Trinajstić information content (AvgIpc) is 2.91. The van der Waals surface area contributed by atoms with Crippen LogP contribution in [0.2, 0.25) is 0 Å². The Kier molecular flexibility index (Phi) is 3.86. The maximum absolute atomic E-state index is 11.1. The van der Waals surface area contributed by atoms with E-state index in [0.29, 0.717) is 11.3 Å². The van der Waals surface area contributed by atoms with Crippen LogP contribution in [-0.4, -0.2) is 36.5 Å². The van der Waals surface area contributed by atoms with Gasteiger partial charge in [0.25, 0.3) is 0 Å². The molecule has 0 saturated heterocycles. The molecule has 19 heavy (non-hydrogen) atoms. The molecule has 7 heteroatoms. The van der Waals surface area contributed by atoms with Crippen molar-refractivity contribution in [3.05, 3.63) is 28.8 Å². The summed E-state index contributed by atoms with van der Waals surface area (Å²) in [5, 5.41) is 6.26. The van der Waals surface area contributed by atoms with E-state index in [1.54, 1.807) is 6.20 Å². The summed E-state index contributed by atoms with van der Waals surface area (Å²) in [4.78, 5) is 12.0. The Bertz CT molecular complexity index is 698. The lowest BCUT2D eigenvalue weighted by Crippen LogP contribution is -2.11. The molecule has 0 aliphatic carbocycles. The fourth-order valence-electron chi connectivity index (χ4n) is 1.69. The molecule has 2 heterocycles. The number of carbonyl (C=O) groups excluding carboxylic acids is 1. The molecular weight excluding hydrogens is 284 g/mol. The van der Waals surface area contributed by atoms with Gasteiger partial charge in [0.1, 0.15) is 15.5 Å². The van der Waals surface area contributed by atoms with E-state index in [0.717, 1.165) is 16.7 Å². The van der Waals surface area contributed by atoms with Gasteiger partial charge in [0.2, 0.25) is 0 Å². The zero-order chi connectivity index (χ0) is 14.0. The summed E-state index contributed by atoms with van der Waals surface area (Å²) in [6, 6.07) is 1.96. The van der Waals surface area contributed by atoms with E-state index in [2.05, 4.69) is 5.10 Å². The van der Waals surface area contributed by atoms with E-state index in [4.69, 9.17) is 0 Å². The highest BCUT2D eigenvalue weighted by Gasteiger charge is 2.14. The molecule has 2 aromatic rings. The summed E-state index contributed by atoms with van der Waals surface area (Å²) in [6.45, 7) is 2.21. The molecular formula is C12H14N2O3S2. The van der Waals surface area contributed by atoms with Crippen LogP contribution in [0.3, 0.4) is 0 Å². The lowest BCUT2D eigenvalue weighted by molar-refractivity contribution is 0.112. The van der Waals surface area contributed by atoms with E-state index in [1.165, 1.54) is 22.3 Å². The summed E-state index contributed by atoms with van der Waals surface area (Å²) >= 11 is 1.52. The predicted molar refractivity (Wildman–Crippen MR) is 75.4 cm³/mol. The molecule has 0 N–H and O–H groups in total. The normalized spacial score (nSPS) is 11.7. The first-order valence-corrected chi connectivity index (χ1v) is 8.59. The van der Waals surface area contributed by atoms with Crippen LogP contribution < -0.4 is 0 Å². The monoisotopic (exact) mass is 298 g/mol. The molecule has 0 unspecified atom stereocenters. The van der Waals surface area contributed by atoms with E-state index in [1.807, 2.05) is 18.4 Å². The number of hydrogen-bond acceptors (Lipinski definition) is 5. The van der Waals surface area contributed by atoms with E-state index >= 15 is 0 Å². The fraction of sp³-hybridized carbons (Fsp3) is 0.333. The van der Waals surface area contributed by atoms with Gasteiger partial charge in [-0.3, -0.25) is 9.48 Å². The van der Waals surface area contributed by atoms with Crippen molar-refractivity contribution in [3.63, 3.8) is 0 Å². The molecule has 0 aliphatic rings. The third-order valence-corrected chi connectivity index (χ3v) is 4.63. The second-order valence-electron chi connectivity index (χ2n) is 4.38. The second-order valence-corrected chi connectivity index (χ2v) is 7.55. The topological polar surface area (TPSA) is 69.0 Å². The molecule has 2 rings (SSSR count). The Morgan fingerprint density at radius 3 is 2.74 bits per heavy atom.